The first-order valence-corrected chi connectivity index (χ1v) is 9.12. The minimum atomic E-state index is -0.256. The van der Waals surface area contributed by atoms with Crippen molar-refractivity contribution >= 4 is 32.6 Å². The van der Waals surface area contributed by atoms with Crippen LogP contribution in [0.1, 0.15) is 12.6 Å². The Morgan fingerprint density at radius 2 is 1.78 bits per heavy atom. The molecule has 4 heteroatoms. The molecule has 0 saturated heterocycles. The molecule has 0 aliphatic heterocycles. The molecule has 1 heterocycles. The van der Waals surface area contributed by atoms with E-state index in [1.165, 1.54) is 6.07 Å². The number of pyridine rings is 1. The molecule has 0 unspecified atom stereocenters. The Morgan fingerprint density at radius 3 is 2.39 bits per heavy atom. The van der Waals surface area contributed by atoms with Gasteiger partial charge in [-0.25, -0.2) is 9.37 Å². The number of hydrogen-bond donors (Lipinski definition) is 0. The molecule has 6 fully saturated rings. The van der Waals surface area contributed by atoms with Crippen molar-refractivity contribution in [2.75, 3.05) is 0 Å². The lowest BCUT2D eigenvalue weighted by molar-refractivity contribution is -0.610. The van der Waals surface area contributed by atoms with Crippen LogP contribution in [0.4, 0.5) is 4.39 Å². The van der Waals surface area contributed by atoms with E-state index in [0.29, 0.717) is 46.8 Å². The second kappa shape index (κ2) is 3.01. The number of nitrogens with zero attached hydrogens (tertiary/aromatic N) is 1. The molecule has 6 aliphatic carbocycles. The molecule has 2 aromatic rings. The van der Waals surface area contributed by atoms with Crippen LogP contribution >= 0.6 is 15.9 Å². The Labute approximate surface area is 140 Å². The van der Waals surface area contributed by atoms with E-state index < -0.39 is 0 Å². The molecule has 0 bridgehead atoms. The van der Waals surface area contributed by atoms with E-state index in [0.717, 1.165) is 15.6 Å². The van der Waals surface area contributed by atoms with E-state index in [1.54, 1.807) is 6.92 Å². The molecule has 114 valence electrons. The molecule has 0 spiro atoms. The fourth-order valence-electron chi connectivity index (χ4n) is 8.14. The number of benzene rings is 1. The number of carbonyl (C=O) groups is 1. The van der Waals surface area contributed by atoms with E-state index in [9.17, 15) is 9.18 Å². The molecule has 1 aromatic heterocycles. The van der Waals surface area contributed by atoms with E-state index in [2.05, 4.69) is 22.0 Å². The molecule has 0 amide bonds. The standard InChI is InChI=1S/C19H13BrFNO/c1-6(23)18-11-14-12(18)16-13(18)15(11)19(14,16)10-3-2-7-4-8(20)5-9(21)17(7)22-10/h2-5,11-16H,1H3. The van der Waals surface area contributed by atoms with Crippen LogP contribution in [0.5, 0.6) is 0 Å². The monoisotopic (exact) mass is 369 g/mol. The van der Waals surface area contributed by atoms with Gasteiger partial charge in [-0.15, -0.1) is 0 Å². The van der Waals surface area contributed by atoms with Crippen LogP contribution in [0.2, 0.25) is 0 Å². The zero-order chi connectivity index (χ0) is 15.5. The number of Topliss-reactive ketones (excluding diaryl/α,β-unsaturated/α-hetero) is 1. The normalized spacial score (nSPS) is 51.8. The quantitative estimate of drug-likeness (QED) is 0.807. The average Bonchev–Trinajstić information content (AvgIpc) is 2.54. The summed E-state index contributed by atoms with van der Waals surface area (Å²) in [5, 5.41) is 0.845. The third-order valence-electron chi connectivity index (χ3n) is 8.39. The number of carbonyl (C=O) groups excluding carboxylic acids is 1. The number of rotatable bonds is 2. The van der Waals surface area contributed by atoms with Gasteiger partial charge in [-0.3, -0.25) is 4.79 Å². The molecule has 0 radical (unpaired) electrons. The van der Waals surface area contributed by atoms with Crippen molar-refractivity contribution in [2.45, 2.75) is 12.3 Å². The van der Waals surface area contributed by atoms with Crippen LogP contribution in [-0.4, -0.2) is 10.8 Å². The first kappa shape index (κ1) is 12.1. The highest BCUT2D eigenvalue weighted by atomic mass is 79.9. The lowest BCUT2D eigenvalue weighted by atomic mass is 8.91. The smallest absolute Gasteiger partial charge is 0.150 e. The summed E-state index contributed by atoms with van der Waals surface area (Å²) in [5.74, 6) is 4.05. The van der Waals surface area contributed by atoms with Gasteiger partial charge < -0.3 is 0 Å². The van der Waals surface area contributed by atoms with Gasteiger partial charge in [-0.05, 0) is 60.6 Å². The lowest BCUT2D eigenvalue weighted by Crippen LogP contribution is -3.12. The van der Waals surface area contributed by atoms with Crippen LogP contribution < -0.4 is 0 Å². The molecule has 23 heavy (non-hydrogen) atoms. The summed E-state index contributed by atoms with van der Waals surface area (Å²) in [4.78, 5) is 16.8. The minimum Gasteiger partial charge on any atom is -0.299 e. The van der Waals surface area contributed by atoms with Crippen molar-refractivity contribution in [3.05, 3.63) is 40.2 Å². The Hall–Kier alpha value is -1.29. The average molecular weight is 370 g/mol. The van der Waals surface area contributed by atoms with Crippen molar-refractivity contribution in [3.8, 4) is 0 Å². The van der Waals surface area contributed by atoms with Crippen molar-refractivity contribution in [1.82, 2.24) is 4.98 Å². The Balaban J connectivity index is 1.37. The van der Waals surface area contributed by atoms with Gasteiger partial charge in [0.1, 0.15) is 11.3 Å². The Morgan fingerprint density at radius 1 is 1.13 bits per heavy atom. The highest BCUT2D eigenvalue weighted by Crippen LogP contribution is 3.09. The summed E-state index contributed by atoms with van der Waals surface area (Å²) in [6.07, 6.45) is 0. The second-order valence-corrected chi connectivity index (χ2v) is 9.15. The fourth-order valence-corrected chi connectivity index (χ4v) is 8.59. The van der Waals surface area contributed by atoms with E-state index in [1.807, 2.05) is 12.1 Å². The number of hydrogen-bond acceptors (Lipinski definition) is 2. The van der Waals surface area contributed by atoms with E-state index >= 15 is 0 Å². The van der Waals surface area contributed by atoms with Crippen molar-refractivity contribution in [2.24, 2.45) is 40.9 Å². The third-order valence-corrected chi connectivity index (χ3v) is 8.85. The molecule has 0 N–H and O–H groups in total. The van der Waals surface area contributed by atoms with Gasteiger partial charge in [0.25, 0.3) is 0 Å². The summed E-state index contributed by atoms with van der Waals surface area (Å²) in [7, 11) is 0. The van der Waals surface area contributed by atoms with Gasteiger partial charge in [0, 0.05) is 26.4 Å². The lowest BCUT2D eigenvalue weighted by Gasteiger charge is -3.10. The van der Waals surface area contributed by atoms with Crippen LogP contribution in [0.3, 0.4) is 0 Å². The van der Waals surface area contributed by atoms with E-state index in [4.69, 9.17) is 4.98 Å². The highest BCUT2D eigenvalue weighted by Gasteiger charge is 3.11. The summed E-state index contributed by atoms with van der Waals surface area (Å²) < 4.78 is 15.0. The second-order valence-electron chi connectivity index (χ2n) is 8.23. The molecule has 6 aliphatic rings. The minimum absolute atomic E-state index is 0.0920. The van der Waals surface area contributed by atoms with Crippen molar-refractivity contribution < 1.29 is 9.18 Å². The topological polar surface area (TPSA) is 30.0 Å². The van der Waals surface area contributed by atoms with Gasteiger partial charge in [0.2, 0.25) is 0 Å². The van der Waals surface area contributed by atoms with Crippen LogP contribution in [0.25, 0.3) is 10.9 Å². The Bertz CT molecular complexity index is 945. The van der Waals surface area contributed by atoms with Crippen LogP contribution in [0, 0.1) is 46.7 Å². The molecule has 1 aromatic carbocycles. The molecule has 0 atom stereocenters. The maximum atomic E-state index is 14.3. The first-order chi connectivity index (χ1) is 11.1. The van der Waals surface area contributed by atoms with Crippen molar-refractivity contribution in [1.29, 1.82) is 0 Å². The molecule has 6 saturated carbocycles. The van der Waals surface area contributed by atoms with Crippen LogP contribution in [-0.2, 0) is 10.2 Å². The molecular formula is C19H13BrFNO. The maximum Gasteiger partial charge on any atom is 0.150 e. The van der Waals surface area contributed by atoms with Gasteiger partial charge in [0.15, 0.2) is 5.82 Å². The molecular weight excluding hydrogens is 357 g/mol. The summed E-state index contributed by atoms with van der Waals surface area (Å²) in [6, 6.07) is 7.52. The zero-order valence-corrected chi connectivity index (χ0v) is 14.0. The SMILES string of the molecule is CC(=O)C12C3C4C1C1C2C3C41c1ccc2cc(Br)cc(F)c2n1. The van der Waals surface area contributed by atoms with Crippen molar-refractivity contribution in [3.63, 3.8) is 0 Å². The number of halogens is 2. The largest absolute Gasteiger partial charge is 0.299 e. The first-order valence-electron chi connectivity index (χ1n) is 8.33. The van der Waals surface area contributed by atoms with Gasteiger partial charge >= 0.3 is 0 Å². The summed E-state index contributed by atoms with van der Waals surface area (Å²) in [6.45, 7) is 1.79. The third kappa shape index (κ3) is 0.791. The maximum absolute atomic E-state index is 14.3. The Kier molecular flexibility index (Phi) is 1.59. The number of aromatic nitrogens is 1. The van der Waals surface area contributed by atoms with Crippen LogP contribution in [0.15, 0.2) is 28.7 Å². The fraction of sp³-hybridized carbons (Fsp3) is 0.474. The summed E-state index contributed by atoms with van der Waals surface area (Å²) >= 11 is 3.34. The van der Waals surface area contributed by atoms with Gasteiger partial charge in [-0.2, -0.15) is 0 Å². The zero-order valence-electron chi connectivity index (χ0n) is 12.4. The molecule has 2 nitrogen and oxygen atoms in total. The summed E-state index contributed by atoms with van der Waals surface area (Å²) in [5.41, 5.74) is 1.88. The predicted octanol–water partition coefficient (Wildman–Crippen LogP) is 3.71. The predicted molar refractivity (Wildman–Crippen MR) is 85.1 cm³/mol. The van der Waals surface area contributed by atoms with Gasteiger partial charge in [-0.1, -0.05) is 22.0 Å². The highest BCUT2D eigenvalue weighted by molar-refractivity contribution is 9.10. The van der Waals surface area contributed by atoms with E-state index in [-0.39, 0.29) is 16.6 Å². The molecule has 8 rings (SSSR count). The van der Waals surface area contributed by atoms with Gasteiger partial charge in [0.05, 0.1) is 0 Å². The number of ketones is 1. The number of fused-ring (bicyclic) bond motifs is 1.